The van der Waals surface area contributed by atoms with Gasteiger partial charge in [-0.1, -0.05) is 6.92 Å². The highest BCUT2D eigenvalue weighted by molar-refractivity contribution is 5.68. The summed E-state index contributed by atoms with van der Waals surface area (Å²) in [4.78, 5) is 2.53. The van der Waals surface area contributed by atoms with Crippen LogP contribution in [0.4, 0.5) is 11.4 Å². The van der Waals surface area contributed by atoms with E-state index < -0.39 is 0 Å². The van der Waals surface area contributed by atoms with Gasteiger partial charge in [0.25, 0.3) is 0 Å². The topological polar surface area (TPSA) is 47.7 Å². The Morgan fingerprint density at radius 1 is 1.23 bits per heavy atom. The van der Waals surface area contributed by atoms with Crippen LogP contribution in [-0.2, 0) is 4.74 Å². The van der Waals surface area contributed by atoms with Gasteiger partial charge >= 0.3 is 0 Å². The lowest BCUT2D eigenvalue weighted by atomic mass is 9.88. The average Bonchev–Trinajstić information content (AvgIpc) is 2.55. The highest BCUT2D eigenvalue weighted by Gasteiger charge is 2.25. The maximum atomic E-state index is 6.19. The Morgan fingerprint density at radius 3 is 2.68 bits per heavy atom. The second-order valence-electron chi connectivity index (χ2n) is 6.73. The van der Waals surface area contributed by atoms with Gasteiger partial charge in [-0.2, -0.15) is 0 Å². The molecule has 0 bridgehead atoms. The average molecular weight is 304 g/mol. The van der Waals surface area contributed by atoms with Crippen LogP contribution in [0.2, 0.25) is 0 Å². The maximum absolute atomic E-state index is 6.19. The van der Waals surface area contributed by atoms with Crippen molar-refractivity contribution in [3.63, 3.8) is 0 Å². The molecule has 1 atom stereocenters. The quantitative estimate of drug-likeness (QED) is 0.869. The van der Waals surface area contributed by atoms with Gasteiger partial charge in [0.05, 0.1) is 12.8 Å². The van der Waals surface area contributed by atoms with Crippen LogP contribution < -0.4 is 15.4 Å². The SMILES string of the molecule is COc1cc(N2CCCC(C)C2)c(C2CCOCC2)cc1N. The molecule has 22 heavy (non-hydrogen) atoms. The molecule has 1 aromatic carbocycles. The zero-order chi connectivity index (χ0) is 15.5. The van der Waals surface area contributed by atoms with E-state index in [1.165, 1.54) is 24.1 Å². The van der Waals surface area contributed by atoms with Gasteiger partial charge < -0.3 is 20.1 Å². The van der Waals surface area contributed by atoms with Crippen molar-refractivity contribution in [2.75, 3.05) is 44.0 Å². The lowest BCUT2D eigenvalue weighted by molar-refractivity contribution is 0.0854. The Balaban J connectivity index is 1.96. The molecular formula is C18H28N2O2. The van der Waals surface area contributed by atoms with E-state index in [1.807, 2.05) is 0 Å². The molecule has 4 heteroatoms. The number of anilines is 2. The molecule has 0 aromatic heterocycles. The molecule has 2 aliphatic rings. The van der Waals surface area contributed by atoms with Crippen molar-refractivity contribution in [2.45, 2.75) is 38.5 Å². The first-order valence-electron chi connectivity index (χ1n) is 8.49. The summed E-state index contributed by atoms with van der Waals surface area (Å²) in [5, 5.41) is 0. The molecule has 0 aliphatic carbocycles. The van der Waals surface area contributed by atoms with Crippen LogP contribution in [-0.4, -0.2) is 33.4 Å². The number of hydrogen-bond donors (Lipinski definition) is 1. The van der Waals surface area contributed by atoms with Crippen molar-refractivity contribution in [1.82, 2.24) is 0 Å². The zero-order valence-electron chi connectivity index (χ0n) is 13.8. The van der Waals surface area contributed by atoms with Crippen LogP contribution in [0, 0.1) is 5.92 Å². The van der Waals surface area contributed by atoms with E-state index in [0.29, 0.717) is 5.92 Å². The fourth-order valence-corrected chi connectivity index (χ4v) is 3.80. The number of nitrogens with zero attached hydrogens (tertiary/aromatic N) is 1. The number of methoxy groups -OCH3 is 1. The largest absolute Gasteiger partial charge is 0.495 e. The van der Waals surface area contributed by atoms with Crippen molar-refractivity contribution in [3.05, 3.63) is 17.7 Å². The van der Waals surface area contributed by atoms with E-state index in [0.717, 1.165) is 56.5 Å². The minimum Gasteiger partial charge on any atom is -0.495 e. The van der Waals surface area contributed by atoms with Gasteiger partial charge in [-0.15, -0.1) is 0 Å². The maximum Gasteiger partial charge on any atom is 0.143 e. The summed E-state index contributed by atoms with van der Waals surface area (Å²) in [5.41, 5.74) is 9.65. The lowest BCUT2D eigenvalue weighted by Crippen LogP contribution is -2.35. The van der Waals surface area contributed by atoms with Gasteiger partial charge in [0.15, 0.2) is 0 Å². The van der Waals surface area contributed by atoms with Crippen molar-refractivity contribution in [2.24, 2.45) is 5.92 Å². The molecule has 1 unspecified atom stereocenters. The van der Waals surface area contributed by atoms with E-state index in [-0.39, 0.29) is 0 Å². The highest BCUT2D eigenvalue weighted by atomic mass is 16.5. The molecule has 0 saturated carbocycles. The number of nitrogen functional groups attached to an aromatic ring is 1. The fourth-order valence-electron chi connectivity index (χ4n) is 3.80. The molecule has 2 heterocycles. The van der Waals surface area contributed by atoms with Gasteiger partial charge in [-0.3, -0.25) is 0 Å². The van der Waals surface area contributed by atoms with Crippen molar-refractivity contribution in [1.29, 1.82) is 0 Å². The lowest BCUT2D eigenvalue weighted by Gasteiger charge is -2.36. The summed E-state index contributed by atoms with van der Waals surface area (Å²) in [6.45, 7) is 6.31. The summed E-state index contributed by atoms with van der Waals surface area (Å²) in [5.74, 6) is 2.10. The minimum absolute atomic E-state index is 0.550. The van der Waals surface area contributed by atoms with Crippen LogP contribution in [0.5, 0.6) is 5.75 Å². The molecular weight excluding hydrogens is 276 g/mol. The Bertz CT molecular complexity index is 512. The Morgan fingerprint density at radius 2 is 2.00 bits per heavy atom. The second kappa shape index (κ2) is 6.78. The van der Waals surface area contributed by atoms with Crippen molar-refractivity contribution < 1.29 is 9.47 Å². The molecule has 3 rings (SSSR count). The summed E-state index contributed by atoms with van der Waals surface area (Å²) in [6, 6.07) is 4.29. The fraction of sp³-hybridized carbons (Fsp3) is 0.667. The van der Waals surface area contributed by atoms with E-state index in [9.17, 15) is 0 Å². The van der Waals surface area contributed by atoms with Crippen LogP contribution in [0.3, 0.4) is 0 Å². The van der Waals surface area contributed by atoms with E-state index in [2.05, 4.69) is 24.0 Å². The van der Waals surface area contributed by atoms with Gasteiger partial charge in [-0.25, -0.2) is 0 Å². The zero-order valence-corrected chi connectivity index (χ0v) is 13.8. The summed E-state index contributed by atoms with van der Waals surface area (Å²) >= 11 is 0. The van der Waals surface area contributed by atoms with Crippen LogP contribution in [0.25, 0.3) is 0 Å². The standard InChI is InChI=1S/C18H28N2O2/c1-13-4-3-7-20(12-13)17-11-18(21-2)16(19)10-15(17)14-5-8-22-9-6-14/h10-11,13-14H,3-9,12,19H2,1-2H3. The molecule has 2 aliphatic heterocycles. The number of nitrogens with two attached hydrogens (primary N) is 1. The summed E-state index contributed by atoms with van der Waals surface area (Å²) in [7, 11) is 1.70. The first kappa shape index (κ1) is 15.5. The van der Waals surface area contributed by atoms with Gasteiger partial charge in [-0.05, 0) is 49.1 Å². The molecule has 2 fully saturated rings. The monoisotopic (exact) mass is 304 g/mol. The summed E-state index contributed by atoms with van der Waals surface area (Å²) < 4.78 is 11.0. The third kappa shape index (κ3) is 3.17. The van der Waals surface area contributed by atoms with Crippen LogP contribution in [0.15, 0.2) is 12.1 Å². The van der Waals surface area contributed by atoms with E-state index >= 15 is 0 Å². The highest BCUT2D eigenvalue weighted by Crippen LogP contribution is 2.40. The third-order valence-corrected chi connectivity index (χ3v) is 5.04. The smallest absolute Gasteiger partial charge is 0.143 e. The van der Waals surface area contributed by atoms with E-state index in [1.54, 1.807) is 7.11 Å². The molecule has 0 amide bonds. The first-order valence-corrected chi connectivity index (χ1v) is 8.49. The van der Waals surface area contributed by atoms with Gasteiger partial charge in [0.2, 0.25) is 0 Å². The first-order chi connectivity index (χ1) is 10.7. The molecule has 2 saturated heterocycles. The molecule has 0 spiro atoms. The molecule has 4 nitrogen and oxygen atoms in total. The molecule has 1 aromatic rings. The van der Waals surface area contributed by atoms with E-state index in [4.69, 9.17) is 15.2 Å². The number of hydrogen-bond acceptors (Lipinski definition) is 4. The van der Waals surface area contributed by atoms with Crippen LogP contribution >= 0.6 is 0 Å². The number of ether oxygens (including phenoxy) is 2. The number of benzene rings is 1. The molecule has 122 valence electrons. The second-order valence-corrected chi connectivity index (χ2v) is 6.73. The normalized spacial score (nSPS) is 23.5. The van der Waals surface area contributed by atoms with Crippen LogP contribution in [0.1, 0.15) is 44.1 Å². The molecule has 2 N–H and O–H groups in total. The predicted octanol–water partition coefficient (Wildman–Crippen LogP) is 3.41. The Kier molecular flexibility index (Phi) is 4.77. The Hall–Kier alpha value is -1.42. The molecule has 0 radical (unpaired) electrons. The van der Waals surface area contributed by atoms with Crippen molar-refractivity contribution >= 4 is 11.4 Å². The minimum atomic E-state index is 0.550. The number of piperidine rings is 1. The number of rotatable bonds is 3. The van der Waals surface area contributed by atoms with Gasteiger partial charge in [0.1, 0.15) is 5.75 Å². The predicted molar refractivity (Wildman–Crippen MR) is 90.8 cm³/mol. The van der Waals surface area contributed by atoms with Crippen molar-refractivity contribution in [3.8, 4) is 5.75 Å². The van der Waals surface area contributed by atoms with Gasteiger partial charge in [0, 0.05) is 38.1 Å². The third-order valence-electron chi connectivity index (χ3n) is 5.04. The summed E-state index contributed by atoms with van der Waals surface area (Å²) in [6.07, 6.45) is 4.76. The Labute approximate surface area is 133 Å².